The van der Waals surface area contributed by atoms with E-state index in [9.17, 15) is 14.4 Å². The van der Waals surface area contributed by atoms with Crippen molar-refractivity contribution in [3.63, 3.8) is 0 Å². The van der Waals surface area contributed by atoms with Gasteiger partial charge >= 0.3 is 5.69 Å². The van der Waals surface area contributed by atoms with Crippen molar-refractivity contribution in [2.45, 2.75) is 47.3 Å². The maximum Gasteiger partial charge on any atom is 0.332 e. The molecule has 2 heterocycles. The highest BCUT2D eigenvalue weighted by Gasteiger charge is 2.23. The van der Waals surface area contributed by atoms with Crippen LogP contribution in [0.4, 0.5) is 5.69 Å². The Morgan fingerprint density at radius 2 is 1.68 bits per heavy atom. The molecular weight excluding hydrogens is 430 g/mol. The van der Waals surface area contributed by atoms with Gasteiger partial charge in [-0.1, -0.05) is 42.5 Å². The summed E-state index contributed by atoms with van der Waals surface area (Å²) in [6, 6.07) is 17.0. The Balaban J connectivity index is 1.87. The number of rotatable bonds is 7. The molecule has 0 saturated carbocycles. The predicted octanol–water partition coefficient (Wildman–Crippen LogP) is 3.10. The van der Waals surface area contributed by atoms with Gasteiger partial charge in [0.15, 0.2) is 5.52 Å². The Morgan fingerprint density at radius 1 is 0.941 bits per heavy atom. The molecule has 0 spiro atoms. The molecule has 2 aromatic heterocycles. The van der Waals surface area contributed by atoms with Crippen LogP contribution in [-0.4, -0.2) is 31.4 Å². The minimum Gasteiger partial charge on any atom is -0.311 e. The van der Waals surface area contributed by atoms with E-state index in [4.69, 9.17) is 0 Å². The molecule has 0 unspecified atom stereocenters. The fourth-order valence-electron chi connectivity index (χ4n) is 4.36. The predicted molar refractivity (Wildman–Crippen MR) is 133 cm³/mol. The summed E-state index contributed by atoms with van der Waals surface area (Å²) in [4.78, 5) is 42.1. The Kier molecular flexibility index (Phi) is 6.49. The SMILES string of the molecule is CCN(C(=O)Cn1c(=O)n(Cc2ccccc2)c(=O)c2c1c(C)nn2CC)c1cccc(C)c1. The summed E-state index contributed by atoms with van der Waals surface area (Å²) in [5, 5.41) is 4.48. The summed E-state index contributed by atoms with van der Waals surface area (Å²) in [6.07, 6.45) is 0. The zero-order valence-electron chi connectivity index (χ0n) is 20.0. The Labute approximate surface area is 197 Å². The number of carbonyl (C=O) groups excluding carboxylic acids is 1. The van der Waals surface area contributed by atoms with E-state index in [1.165, 1.54) is 9.13 Å². The lowest BCUT2D eigenvalue weighted by Gasteiger charge is -2.22. The van der Waals surface area contributed by atoms with E-state index in [1.54, 1.807) is 16.5 Å². The number of carbonyl (C=O) groups is 1. The molecule has 0 bridgehead atoms. The van der Waals surface area contributed by atoms with Crippen LogP contribution in [0.15, 0.2) is 64.2 Å². The fourth-order valence-corrected chi connectivity index (χ4v) is 4.36. The zero-order valence-corrected chi connectivity index (χ0v) is 20.0. The molecule has 0 fully saturated rings. The first-order valence-electron chi connectivity index (χ1n) is 11.5. The van der Waals surface area contributed by atoms with Crippen molar-refractivity contribution < 1.29 is 4.79 Å². The summed E-state index contributed by atoms with van der Waals surface area (Å²) in [5.41, 5.74) is 3.01. The van der Waals surface area contributed by atoms with Crippen molar-refractivity contribution >= 4 is 22.6 Å². The van der Waals surface area contributed by atoms with Crippen molar-refractivity contribution in [3.05, 3.63) is 92.3 Å². The maximum absolute atomic E-state index is 13.6. The van der Waals surface area contributed by atoms with E-state index in [2.05, 4.69) is 5.10 Å². The number of aryl methyl sites for hydroxylation is 3. The summed E-state index contributed by atoms with van der Waals surface area (Å²) in [6.45, 7) is 8.37. The monoisotopic (exact) mass is 459 g/mol. The van der Waals surface area contributed by atoms with Gasteiger partial charge in [-0.2, -0.15) is 5.10 Å². The van der Waals surface area contributed by atoms with Crippen LogP contribution in [0.3, 0.4) is 0 Å². The number of fused-ring (bicyclic) bond motifs is 1. The zero-order chi connectivity index (χ0) is 24.4. The number of hydrogen-bond donors (Lipinski definition) is 0. The molecule has 0 N–H and O–H groups in total. The maximum atomic E-state index is 13.6. The number of hydrogen-bond acceptors (Lipinski definition) is 4. The number of aromatic nitrogens is 4. The molecule has 1 amide bonds. The van der Waals surface area contributed by atoms with Crippen LogP contribution in [0, 0.1) is 13.8 Å². The van der Waals surface area contributed by atoms with Crippen molar-refractivity contribution in [1.82, 2.24) is 18.9 Å². The molecule has 4 rings (SSSR count). The van der Waals surface area contributed by atoms with Gasteiger partial charge in [0.05, 0.1) is 12.2 Å². The molecule has 8 nitrogen and oxygen atoms in total. The molecule has 0 radical (unpaired) electrons. The van der Waals surface area contributed by atoms with Gasteiger partial charge in [-0.25, -0.2) is 4.79 Å². The van der Waals surface area contributed by atoms with Gasteiger partial charge in [0.25, 0.3) is 5.56 Å². The lowest BCUT2D eigenvalue weighted by Crippen LogP contribution is -2.44. The van der Waals surface area contributed by atoms with Crippen LogP contribution in [0.5, 0.6) is 0 Å². The standard InChI is InChI=1S/C26H29N5O3/c1-5-28(21-14-10-11-18(3)15-21)22(32)17-29-23-19(4)27-31(6-2)24(23)25(33)30(26(29)34)16-20-12-8-7-9-13-20/h7-15H,5-6,16-17H2,1-4H3. The van der Waals surface area contributed by atoms with E-state index in [0.717, 1.165) is 16.8 Å². The molecule has 0 saturated heterocycles. The summed E-state index contributed by atoms with van der Waals surface area (Å²) in [7, 11) is 0. The average molecular weight is 460 g/mol. The second kappa shape index (κ2) is 9.51. The van der Waals surface area contributed by atoms with E-state index < -0.39 is 11.2 Å². The van der Waals surface area contributed by atoms with Crippen LogP contribution in [-0.2, 0) is 24.4 Å². The normalized spacial score (nSPS) is 11.2. The highest BCUT2D eigenvalue weighted by molar-refractivity contribution is 5.94. The van der Waals surface area contributed by atoms with Crippen molar-refractivity contribution in [2.24, 2.45) is 0 Å². The number of amides is 1. The largest absolute Gasteiger partial charge is 0.332 e. The van der Waals surface area contributed by atoms with Crippen LogP contribution in [0.1, 0.15) is 30.7 Å². The second-order valence-electron chi connectivity index (χ2n) is 8.32. The second-order valence-corrected chi connectivity index (χ2v) is 8.32. The highest BCUT2D eigenvalue weighted by atomic mass is 16.2. The highest BCUT2D eigenvalue weighted by Crippen LogP contribution is 2.18. The van der Waals surface area contributed by atoms with Gasteiger partial charge in [0.2, 0.25) is 5.91 Å². The average Bonchev–Trinajstić information content (AvgIpc) is 3.17. The molecule has 2 aromatic carbocycles. The smallest absolute Gasteiger partial charge is 0.311 e. The van der Waals surface area contributed by atoms with Crippen molar-refractivity contribution in [1.29, 1.82) is 0 Å². The van der Waals surface area contributed by atoms with E-state index in [0.29, 0.717) is 29.8 Å². The molecule has 0 aliphatic rings. The number of anilines is 1. The van der Waals surface area contributed by atoms with Crippen molar-refractivity contribution in [2.75, 3.05) is 11.4 Å². The Morgan fingerprint density at radius 3 is 2.32 bits per heavy atom. The van der Waals surface area contributed by atoms with E-state index in [-0.39, 0.29) is 19.0 Å². The number of nitrogens with zero attached hydrogens (tertiary/aromatic N) is 5. The van der Waals surface area contributed by atoms with Crippen LogP contribution in [0.2, 0.25) is 0 Å². The molecule has 0 atom stereocenters. The topological polar surface area (TPSA) is 82.1 Å². The van der Waals surface area contributed by atoms with Crippen LogP contribution in [0.25, 0.3) is 11.0 Å². The molecular formula is C26H29N5O3. The quantitative estimate of drug-likeness (QED) is 0.425. The molecule has 4 aromatic rings. The summed E-state index contributed by atoms with van der Waals surface area (Å²) >= 11 is 0. The van der Waals surface area contributed by atoms with Gasteiger partial charge in [-0.15, -0.1) is 0 Å². The first-order valence-corrected chi connectivity index (χ1v) is 11.5. The number of likely N-dealkylation sites (N-methyl/N-ethyl adjacent to an activating group) is 1. The molecule has 8 heteroatoms. The lowest BCUT2D eigenvalue weighted by molar-refractivity contribution is -0.119. The molecule has 34 heavy (non-hydrogen) atoms. The first kappa shape index (κ1) is 23.2. The van der Waals surface area contributed by atoms with Crippen LogP contribution < -0.4 is 16.1 Å². The van der Waals surface area contributed by atoms with Gasteiger partial charge in [-0.3, -0.25) is 23.4 Å². The minimum atomic E-state index is -0.520. The van der Waals surface area contributed by atoms with E-state index >= 15 is 0 Å². The van der Waals surface area contributed by atoms with Gasteiger partial charge in [0.1, 0.15) is 12.1 Å². The lowest BCUT2D eigenvalue weighted by atomic mass is 10.2. The third-order valence-electron chi connectivity index (χ3n) is 5.98. The number of benzene rings is 2. The van der Waals surface area contributed by atoms with Gasteiger partial charge < -0.3 is 4.90 Å². The van der Waals surface area contributed by atoms with Crippen LogP contribution >= 0.6 is 0 Å². The first-order chi connectivity index (χ1) is 16.3. The molecule has 0 aliphatic heterocycles. The Bertz CT molecular complexity index is 1460. The minimum absolute atomic E-state index is 0.117. The van der Waals surface area contributed by atoms with Gasteiger partial charge in [-0.05, 0) is 51.0 Å². The third kappa shape index (κ3) is 4.19. The van der Waals surface area contributed by atoms with Crippen molar-refractivity contribution in [3.8, 4) is 0 Å². The van der Waals surface area contributed by atoms with Gasteiger partial charge in [0, 0.05) is 18.8 Å². The summed E-state index contributed by atoms with van der Waals surface area (Å²) in [5.74, 6) is -0.231. The fraction of sp³-hybridized carbons (Fsp3) is 0.308. The summed E-state index contributed by atoms with van der Waals surface area (Å²) < 4.78 is 4.20. The third-order valence-corrected chi connectivity index (χ3v) is 5.98. The Hall–Kier alpha value is -3.94. The van der Waals surface area contributed by atoms with E-state index in [1.807, 2.05) is 75.4 Å². The molecule has 0 aliphatic carbocycles. The molecule has 176 valence electrons.